The largest absolute Gasteiger partial charge is 0.338 e. The number of carbonyl (C=O) groups is 1. The number of aromatic nitrogens is 1. The number of H-pyrrole nitrogens is 1. The molecular formula is C11H13N3O2. The fourth-order valence-electron chi connectivity index (χ4n) is 1.22. The van der Waals surface area contributed by atoms with Crippen molar-refractivity contribution in [1.82, 2.24) is 9.88 Å². The zero-order valence-corrected chi connectivity index (χ0v) is 9.23. The first-order valence-corrected chi connectivity index (χ1v) is 4.89. The van der Waals surface area contributed by atoms with Crippen LogP contribution < -0.4 is 5.56 Å². The smallest absolute Gasteiger partial charge is 0.255 e. The molecule has 84 valence electrons. The lowest BCUT2D eigenvalue weighted by molar-refractivity contribution is 0.0746. The number of aromatic amines is 1. The van der Waals surface area contributed by atoms with Gasteiger partial charge in [0.05, 0.1) is 18.1 Å². The Morgan fingerprint density at radius 1 is 1.62 bits per heavy atom. The van der Waals surface area contributed by atoms with Gasteiger partial charge in [0.2, 0.25) is 5.56 Å². The third-order valence-corrected chi connectivity index (χ3v) is 2.40. The molecule has 0 radical (unpaired) electrons. The molecule has 0 saturated carbocycles. The van der Waals surface area contributed by atoms with Crippen LogP contribution in [-0.2, 0) is 0 Å². The topological polar surface area (TPSA) is 77.0 Å². The average Bonchev–Trinajstić information content (AvgIpc) is 2.28. The van der Waals surface area contributed by atoms with Crippen molar-refractivity contribution >= 4 is 5.91 Å². The Morgan fingerprint density at radius 3 is 2.81 bits per heavy atom. The minimum absolute atomic E-state index is 0.149. The van der Waals surface area contributed by atoms with E-state index in [4.69, 9.17) is 5.26 Å². The molecule has 0 aliphatic heterocycles. The van der Waals surface area contributed by atoms with E-state index in [1.165, 1.54) is 23.2 Å². The fourth-order valence-corrected chi connectivity index (χ4v) is 1.22. The van der Waals surface area contributed by atoms with Crippen LogP contribution in [-0.4, -0.2) is 28.9 Å². The quantitative estimate of drug-likeness (QED) is 0.814. The molecule has 0 aliphatic rings. The monoisotopic (exact) mass is 219 g/mol. The molecule has 0 saturated heterocycles. The number of carbonyl (C=O) groups excluding carboxylic acids is 1. The lowest BCUT2D eigenvalue weighted by atomic mass is 10.2. The molecule has 1 unspecified atom stereocenters. The predicted molar refractivity (Wildman–Crippen MR) is 58.8 cm³/mol. The van der Waals surface area contributed by atoms with Gasteiger partial charge >= 0.3 is 0 Å². The van der Waals surface area contributed by atoms with Gasteiger partial charge in [0.25, 0.3) is 5.91 Å². The molecule has 1 heterocycles. The van der Waals surface area contributed by atoms with Gasteiger partial charge in [-0.25, -0.2) is 0 Å². The van der Waals surface area contributed by atoms with Crippen molar-refractivity contribution in [3.8, 4) is 6.07 Å². The van der Waals surface area contributed by atoms with E-state index in [2.05, 4.69) is 4.98 Å². The van der Waals surface area contributed by atoms with Crippen LogP contribution in [0.25, 0.3) is 0 Å². The molecule has 5 nitrogen and oxygen atoms in total. The van der Waals surface area contributed by atoms with Crippen LogP contribution in [0.1, 0.15) is 23.7 Å². The predicted octanol–water partition coefficient (Wildman–Crippen LogP) is 0.749. The lowest BCUT2D eigenvalue weighted by Gasteiger charge is -2.22. The van der Waals surface area contributed by atoms with E-state index in [1.807, 2.05) is 6.07 Å². The molecule has 1 atom stereocenters. The second-order valence-electron chi connectivity index (χ2n) is 3.57. The Bertz CT molecular complexity index is 452. The van der Waals surface area contributed by atoms with Crippen LogP contribution in [0.5, 0.6) is 0 Å². The average molecular weight is 219 g/mol. The van der Waals surface area contributed by atoms with Gasteiger partial charge in [-0.2, -0.15) is 5.26 Å². The Labute approximate surface area is 93.3 Å². The molecule has 1 aromatic heterocycles. The van der Waals surface area contributed by atoms with E-state index in [-0.39, 0.29) is 23.9 Å². The zero-order chi connectivity index (χ0) is 12.1. The molecule has 1 rings (SSSR count). The highest BCUT2D eigenvalue weighted by Crippen LogP contribution is 2.06. The fraction of sp³-hybridized carbons (Fsp3) is 0.364. The summed E-state index contributed by atoms with van der Waals surface area (Å²) in [6.07, 6.45) is 1.66. The van der Waals surface area contributed by atoms with Crippen LogP contribution >= 0.6 is 0 Å². The molecule has 1 N–H and O–H groups in total. The molecule has 0 spiro atoms. The van der Waals surface area contributed by atoms with Gasteiger partial charge < -0.3 is 9.88 Å². The second-order valence-corrected chi connectivity index (χ2v) is 3.57. The SMILES string of the molecule is CC(CC#N)N(C)C(=O)c1ccc(=O)[nH]c1. The highest BCUT2D eigenvalue weighted by molar-refractivity contribution is 5.93. The number of nitrogens with one attached hydrogen (secondary N) is 1. The van der Waals surface area contributed by atoms with Gasteiger partial charge in [-0.1, -0.05) is 0 Å². The minimum Gasteiger partial charge on any atom is -0.338 e. The number of rotatable bonds is 3. The summed E-state index contributed by atoms with van der Waals surface area (Å²) >= 11 is 0. The van der Waals surface area contributed by atoms with Gasteiger partial charge in [0.15, 0.2) is 0 Å². The van der Waals surface area contributed by atoms with E-state index in [0.29, 0.717) is 5.56 Å². The van der Waals surface area contributed by atoms with Crippen molar-refractivity contribution in [1.29, 1.82) is 5.26 Å². The van der Waals surface area contributed by atoms with E-state index < -0.39 is 0 Å². The Morgan fingerprint density at radius 2 is 2.31 bits per heavy atom. The van der Waals surface area contributed by atoms with Gasteiger partial charge in [0, 0.05) is 25.4 Å². The summed E-state index contributed by atoms with van der Waals surface area (Å²) in [6, 6.07) is 4.63. The standard InChI is InChI=1S/C11H13N3O2/c1-8(5-6-12)14(2)11(16)9-3-4-10(15)13-7-9/h3-4,7-8H,5H2,1-2H3,(H,13,15). The first kappa shape index (κ1) is 12.0. The van der Waals surface area contributed by atoms with E-state index >= 15 is 0 Å². The third-order valence-electron chi connectivity index (χ3n) is 2.40. The van der Waals surface area contributed by atoms with Gasteiger partial charge in [-0.05, 0) is 13.0 Å². The molecule has 0 aliphatic carbocycles. The van der Waals surface area contributed by atoms with E-state index in [0.717, 1.165) is 0 Å². The summed E-state index contributed by atoms with van der Waals surface area (Å²) in [5.41, 5.74) is 0.163. The van der Waals surface area contributed by atoms with Crippen molar-refractivity contribution in [2.75, 3.05) is 7.05 Å². The number of nitrogens with zero attached hydrogens (tertiary/aromatic N) is 2. The lowest BCUT2D eigenvalue weighted by Crippen LogP contribution is -2.35. The van der Waals surface area contributed by atoms with Gasteiger partial charge in [-0.15, -0.1) is 0 Å². The first-order chi connectivity index (χ1) is 7.56. The first-order valence-electron chi connectivity index (χ1n) is 4.89. The number of pyridine rings is 1. The Balaban J connectivity index is 2.82. The third kappa shape index (κ3) is 2.70. The van der Waals surface area contributed by atoms with E-state index in [9.17, 15) is 9.59 Å². The van der Waals surface area contributed by atoms with Gasteiger partial charge in [-0.3, -0.25) is 9.59 Å². The Hall–Kier alpha value is -2.09. The molecule has 0 aromatic carbocycles. The maximum absolute atomic E-state index is 11.9. The molecular weight excluding hydrogens is 206 g/mol. The van der Waals surface area contributed by atoms with Crippen LogP contribution in [0.3, 0.4) is 0 Å². The van der Waals surface area contributed by atoms with Crippen LogP contribution in [0.2, 0.25) is 0 Å². The summed E-state index contributed by atoms with van der Waals surface area (Å²) < 4.78 is 0. The summed E-state index contributed by atoms with van der Waals surface area (Å²) in [5, 5.41) is 8.54. The maximum Gasteiger partial charge on any atom is 0.255 e. The number of hydrogen-bond acceptors (Lipinski definition) is 3. The number of hydrogen-bond donors (Lipinski definition) is 1. The normalized spacial score (nSPS) is 11.6. The molecule has 0 bridgehead atoms. The minimum atomic E-state index is -0.246. The Kier molecular flexibility index (Phi) is 3.84. The van der Waals surface area contributed by atoms with Crippen molar-refractivity contribution in [2.24, 2.45) is 0 Å². The van der Waals surface area contributed by atoms with Crippen LogP contribution in [0, 0.1) is 11.3 Å². The summed E-state index contributed by atoms with van der Waals surface area (Å²) in [4.78, 5) is 26.6. The van der Waals surface area contributed by atoms with Crippen molar-refractivity contribution in [3.63, 3.8) is 0 Å². The summed E-state index contributed by atoms with van der Waals surface area (Å²) in [7, 11) is 1.63. The highest BCUT2D eigenvalue weighted by atomic mass is 16.2. The maximum atomic E-state index is 11.9. The molecule has 1 aromatic rings. The zero-order valence-electron chi connectivity index (χ0n) is 9.23. The van der Waals surface area contributed by atoms with E-state index in [1.54, 1.807) is 14.0 Å². The highest BCUT2D eigenvalue weighted by Gasteiger charge is 2.16. The molecule has 5 heteroatoms. The van der Waals surface area contributed by atoms with Crippen molar-refractivity contribution in [3.05, 3.63) is 34.2 Å². The second kappa shape index (κ2) is 5.12. The van der Waals surface area contributed by atoms with Crippen molar-refractivity contribution < 1.29 is 4.79 Å². The molecule has 1 amide bonds. The summed E-state index contributed by atoms with van der Waals surface area (Å²) in [5.74, 6) is -0.209. The molecule has 0 fully saturated rings. The summed E-state index contributed by atoms with van der Waals surface area (Å²) in [6.45, 7) is 1.80. The molecule has 16 heavy (non-hydrogen) atoms. The van der Waals surface area contributed by atoms with Crippen LogP contribution in [0.15, 0.2) is 23.1 Å². The van der Waals surface area contributed by atoms with Gasteiger partial charge in [0.1, 0.15) is 0 Å². The number of amides is 1. The van der Waals surface area contributed by atoms with Crippen LogP contribution in [0.4, 0.5) is 0 Å². The van der Waals surface area contributed by atoms with Crippen molar-refractivity contribution in [2.45, 2.75) is 19.4 Å². The number of nitriles is 1.